The number of nitrogens with one attached hydrogen (secondary N) is 2. The van der Waals surface area contributed by atoms with Gasteiger partial charge in [-0.1, -0.05) is 24.3 Å². The molecule has 0 saturated heterocycles. The van der Waals surface area contributed by atoms with Gasteiger partial charge in [-0.05, 0) is 62.6 Å². The fourth-order valence-corrected chi connectivity index (χ4v) is 2.85. The van der Waals surface area contributed by atoms with E-state index in [0.717, 1.165) is 36.6 Å². The third-order valence-corrected chi connectivity index (χ3v) is 4.22. The van der Waals surface area contributed by atoms with E-state index in [2.05, 4.69) is 21.7 Å². The molecule has 0 heterocycles. The Morgan fingerprint density at radius 2 is 1.80 bits per heavy atom. The molecule has 6 nitrogen and oxygen atoms in total. The van der Waals surface area contributed by atoms with Gasteiger partial charge in [0, 0.05) is 13.1 Å². The monoisotopic (exact) mass is 527 g/mol. The van der Waals surface area contributed by atoms with Crippen molar-refractivity contribution in [3.8, 4) is 11.5 Å². The minimum atomic E-state index is -0.695. The van der Waals surface area contributed by atoms with Crippen molar-refractivity contribution in [3.05, 3.63) is 59.7 Å². The zero-order valence-corrected chi connectivity index (χ0v) is 20.6. The zero-order valence-electron chi connectivity index (χ0n) is 18.2. The van der Waals surface area contributed by atoms with E-state index >= 15 is 0 Å². The van der Waals surface area contributed by atoms with E-state index in [0.29, 0.717) is 5.96 Å². The third kappa shape index (κ3) is 9.21. The van der Waals surface area contributed by atoms with Gasteiger partial charge in [-0.2, -0.15) is 0 Å². The fraction of sp³-hybridized carbons (Fsp3) is 0.435. The maximum absolute atomic E-state index is 10.5. The maximum atomic E-state index is 10.5. The smallest absolute Gasteiger partial charge is 0.191 e. The number of halogens is 1. The molecule has 7 heteroatoms. The molecule has 0 fully saturated rings. The summed E-state index contributed by atoms with van der Waals surface area (Å²) >= 11 is 0. The molecule has 0 aliphatic rings. The molecule has 2 rings (SSSR count). The highest BCUT2D eigenvalue weighted by Crippen LogP contribution is 2.20. The van der Waals surface area contributed by atoms with Gasteiger partial charge in [0.2, 0.25) is 0 Å². The summed E-state index contributed by atoms with van der Waals surface area (Å²) in [7, 11) is 1.67. The summed E-state index contributed by atoms with van der Waals surface area (Å²) in [5.41, 5.74) is 1.98. The lowest BCUT2D eigenvalue weighted by Gasteiger charge is -2.15. The zero-order chi connectivity index (χ0) is 21.1. The van der Waals surface area contributed by atoms with Crippen LogP contribution in [0, 0.1) is 0 Å². The van der Waals surface area contributed by atoms with Crippen molar-refractivity contribution in [2.24, 2.45) is 4.99 Å². The number of guanidine groups is 1. The molecule has 2 aromatic carbocycles. The molecule has 0 aliphatic carbocycles. The third-order valence-electron chi connectivity index (χ3n) is 4.22. The molecular formula is C23H34IN3O3. The van der Waals surface area contributed by atoms with Gasteiger partial charge in [0.05, 0.1) is 25.9 Å². The number of ether oxygens (including phenoxy) is 2. The Hall–Kier alpha value is -2.00. The molecule has 0 bridgehead atoms. The summed E-state index contributed by atoms with van der Waals surface area (Å²) in [6.07, 6.45) is 0.243. The quantitative estimate of drug-likeness (QED) is 0.248. The average molecular weight is 527 g/mol. The number of aliphatic hydroxyl groups is 1. The Kier molecular flexibility index (Phi) is 12.2. The van der Waals surface area contributed by atoms with Crippen molar-refractivity contribution in [1.82, 2.24) is 10.6 Å². The van der Waals surface area contributed by atoms with Gasteiger partial charge >= 0.3 is 0 Å². The van der Waals surface area contributed by atoms with Crippen LogP contribution in [0.4, 0.5) is 0 Å². The second kappa shape index (κ2) is 14.1. The lowest BCUT2D eigenvalue weighted by atomic mass is 10.1. The van der Waals surface area contributed by atoms with Gasteiger partial charge in [-0.25, -0.2) is 0 Å². The first-order valence-corrected chi connectivity index (χ1v) is 10.1. The van der Waals surface area contributed by atoms with Crippen molar-refractivity contribution in [2.75, 3.05) is 26.7 Å². The topological polar surface area (TPSA) is 75.1 Å². The molecule has 0 spiro atoms. The van der Waals surface area contributed by atoms with Crippen LogP contribution in [0.5, 0.6) is 11.5 Å². The number of aliphatic hydroxyl groups excluding tert-OH is 1. The molecule has 0 amide bonds. The molecule has 3 N–H and O–H groups in total. The maximum Gasteiger partial charge on any atom is 0.191 e. The van der Waals surface area contributed by atoms with E-state index < -0.39 is 6.10 Å². The largest absolute Gasteiger partial charge is 0.497 e. The van der Waals surface area contributed by atoms with Gasteiger partial charge < -0.3 is 25.2 Å². The SMILES string of the molecule is CCNC(=NCC(O)c1cccc(OC(C)C)c1)NCCc1cccc(OC)c1.I. The first-order chi connectivity index (χ1) is 14.0. The number of nitrogens with zero attached hydrogens (tertiary/aromatic N) is 1. The number of rotatable bonds is 10. The molecule has 0 aromatic heterocycles. The molecule has 0 saturated carbocycles. The predicted octanol–water partition coefficient (Wildman–Crippen LogP) is 3.93. The standard InChI is InChI=1S/C23H33N3O3.HI/c1-5-24-23(25-13-12-18-8-6-10-20(14-18)28-4)26-16-22(27)19-9-7-11-21(15-19)29-17(2)3;/h6-11,14-15,17,22,27H,5,12-13,16H2,1-4H3,(H2,24,25,26);1H. The first-order valence-electron chi connectivity index (χ1n) is 10.1. The number of aliphatic imine (C=N–C) groups is 1. The van der Waals surface area contributed by atoms with Crippen molar-refractivity contribution >= 4 is 29.9 Å². The van der Waals surface area contributed by atoms with Crippen LogP contribution in [0.1, 0.15) is 38.0 Å². The number of methoxy groups -OCH3 is 1. The normalized spacial score (nSPS) is 12.1. The summed E-state index contributed by atoms with van der Waals surface area (Å²) in [6.45, 7) is 7.72. The molecule has 0 aliphatic heterocycles. The molecule has 1 unspecified atom stereocenters. The Balaban J connectivity index is 0.00000450. The van der Waals surface area contributed by atoms with Gasteiger partial charge in [-0.15, -0.1) is 24.0 Å². The molecule has 2 aromatic rings. The van der Waals surface area contributed by atoms with E-state index in [1.807, 2.05) is 63.2 Å². The van der Waals surface area contributed by atoms with Crippen molar-refractivity contribution < 1.29 is 14.6 Å². The number of benzene rings is 2. The van der Waals surface area contributed by atoms with Crippen LogP contribution in [-0.4, -0.2) is 43.9 Å². The molecule has 166 valence electrons. The second-order valence-corrected chi connectivity index (χ2v) is 7.00. The molecule has 30 heavy (non-hydrogen) atoms. The summed E-state index contributed by atoms with van der Waals surface area (Å²) in [4.78, 5) is 4.52. The van der Waals surface area contributed by atoms with E-state index in [-0.39, 0.29) is 36.6 Å². The summed E-state index contributed by atoms with van der Waals surface area (Å²) in [6, 6.07) is 15.6. The van der Waals surface area contributed by atoms with Crippen LogP contribution < -0.4 is 20.1 Å². The van der Waals surface area contributed by atoms with Crippen molar-refractivity contribution in [1.29, 1.82) is 0 Å². The summed E-state index contributed by atoms with van der Waals surface area (Å²) in [5, 5.41) is 17.1. The Bertz CT molecular complexity index is 784. The first kappa shape index (κ1) is 26.0. The molecule has 0 radical (unpaired) electrons. The Morgan fingerprint density at radius 3 is 2.50 bits per heavy atom. The average Bonchev–Trinajstić information content (AvgIpc) is 2.71. The predicted molar refractivity (Wildman–Crippen MR) is 133 cm³/mol. The molecular weight excluding hydrogens is 493 g/mol. The minimum Gasteiger partial charge on any atom is -0.497 e. The summed E-state index contributed by atoms with van der Waals surface area (Å²) in [5.74, 6) is 2.29. The van der Waals surface area contributed by atoms with Gasteiger partial charge in [0.1, 0.15) is 11.5 Å². The van der Waals surface area contributed by atoms with E-state index in [9.17, 15) is 5.11 Å². The van der Waals surface area contributed by atoms with Crippen LogP contribution in [0.15, 0.2) is 53.5 Å². The van der Waals surface area contributed by atoms with Crippen LogP contribution >= 0.6 is 24.0 Å². The van der Waals surface area contributed by atoms with Gasteiger partial charge in [-0.3, -0.25) is 4.99 Å². The summed E-state index contributed by atoms with van der Waals surface area (Å²) < 4.78 is 11.0. The van der Waals surface area contributed by atoms with Crippen LogP contribution in [0.2, 0.25) is 0 Å². The molecule has 1 atom stereocenters. The van der Waals surface area contributed by atoms with Crippen molar-refractivity contribution in [3.63, 3.8) is 0 Å². The van der Waals surface area contributed by atoms with Crippen LogP contribution in [0.25, 0.3) is 0 Å². The number of hydrogen-bond donors (Lipinski definition) is 3. The van der Waals surface area contributed by atoms with Crippen LogP contribution in [-0.2, 0) is 6.42 Å². The van der Waals surface area contributed by atoms with Crippen LogP contribution in [0.3, 0.4) is 0 Å². The van der Waals surface area contributed by atoms with Gasteiger partial charge in [0.15, 0.2) is 5.96 Å². The lowest BCUT2D eigenvalue weighted by molar-refractivity contribution is 0.185. The van der Waals surface area contributed by atoms with Crippen molar-refractivity contribution in [2.45, 2.75) is 39.4 Å². The highest BCUT2D eigenvalue weighted by Gasteiger charge is 2.09. The van der Waals surface area contributed by atoms with Gasteiger partial charge in [0.25, 0.3) is 0 Å². The second-order valence-electron chi connectivity index (χ2n) is 7.00. The number of hydrogen-bond acceptors (Lipinski definition) is 4. The Labute approximate surface area is 197 Å². The van der Waals surface area contributed by atoms with E-state index in [4.69, 9.17) is 9.47 Å². The van der Waals surface area contributed by atoms with E-state index in [1.54, 1.807) is 7.11 Å². The highest BCUT2D eigenvalue weighted by molar-refractivity contribution is 14.0. The lowest BCUT2D eigenvalue weighted by Crippen LogP contribution is -2.38. The Morgan fingerprint density at radius 1 is 1.07 bits per heavy atom. The van der Waals surface area contributed by atoms with E-state index in [1.165, 1.54) is 5.56 Å². The minimum absolute atomic E-state index is 0. The highest BCUT2D eigenvalue weighted by atomic mass is 127. The fourth-order valence-electron chi connectivity index (χ4n) is 2.85.